The zero-order chi connectivity index (χ0) is 33.1. The van der Waals surface area contributed by atoms with Crippen molar-refractivity contribution in [1.29, 1.82) is 10.7 Å². The van der Waals surface area contributed by atoms with Gasteiger partial charge in [-0.1, -0.05) is 12.1 Å². The molecule has 244 valence electrons. The maximum Gasteiger partial charge on any atom is 0.198 e. The zero-order valence-corrected chi connectivity index (χ0v) is 25.2. The third kappa shape index (κ3) is 4.96. The van der Waals surface area contributed by atoms with Crippen molar-refractivity contribution in [1.82, 2.24) is 4.90 Å². The number of methoxy groups -OCH3 is 1. The number of Topliss-reactive ketones (excluding diaryl/α,β-unsaturated/α-hetero) is 1. The zero-order valence-electron chi connectivity index (χ0n) is 25.2. The minimum Gasteiger partial charge on any atom is -0.507 e. The van der Waals surface area contributed by atoms with Crippen LogP contribution in [0, 0.1) is 16.7 Å². The minimum atomic E-state index is -2.26. The molecule has 2 fully saturated rings. The van der Waals surface area contributed by atoms with Crippen LogP contribution in [0.4, 0.5) is 0 Å². The number of ether oxygens (including phenoxy) is 4. The molecule has 7 atom stereocenters. The first-order valence-corrected chi connectivity index (χ1v) is 15.0. The highest BCUT2D eigenvalue weighted by Crippen LogP contribution is 2.52. The van der Waals surface area contributed by atoms with E-state index < -0.39 is 84.8 Å². The molecule has 2 aromatic carbocycles. The largest absolute Gasteiger partial charge is 0.507 e. The van der Waals surface area contributed by atoms with Gasteiger partial charge in [-0.25, -0.2) is 0 Å². The first-order chi connectivity index (χ1) is 21.9. The lowest BCUT2D eigenvalue weighted by Crippen LogP contribution is -2.60. The van der Waals surface area contributed by atoms with Gasteiger partial charge in [0.25, 0.3) is 0 Å². The Morgan fingerprint density at radius 3 is 2.70 bits per heavy atom. The van der Waals surface area contributed by atoms with Crippen LogP contribution in [0.25, 0.3) is 0 Å². The average molecular weight is 638 g/mol. The number of carbonyl (C=O) groups excluding carboxylic acids is 2. The number of phenolic OH excluding ortho intramolecular Hbond substituents is 2. The number of hydrogen-bond acceptors (Lipinski definition) is 14. The summed E-state index contributed by atoms with van der Waals surface area (Å²) in [5.74, 6) is -2.65. The van der Waals surface area contributed by atoms with Crippen molar-refractivity contribution in [2.45, 2.75) is 68.5 Å². The van der Waals surface area contributed by atoms with Crippen LogP contribution >= 0.6 is 0 Å². The lowest BCUT2D eigenvalue weighted by atomic mass is 9.71. The molecule has 0 saturated carbocycles. The first-order valence-electron chi connectivity index (χ1n) is 15.0. The minimum absolute atomic E-state index is 0.0530. The number of ketones is 2. The molecular weight excluding hydrogens is 602 g/mol. The smallest absolute Gasteiger partial charge is 0.198 e. The van der Waals surface area contributed by atoms with Gasteiger partial charge in [-0.15, -0.1) is 0 Å². The van der Waals surface area contributed by atoms with Crippen LogP contribution in [0.1, 0.15) is 64.0 Å². The molecule has 2 aliphatic heterocycles. The van der Waals surface area contributed by atoms with E-state index >= 15 is 0 Å². The summed E-state index contributed by atoms with van der Waals surface area (Å²) >= 11 is 0. The van der Waals surface area contributed by atoms with E-state index in [9.17, 15) is 40.4 Å². The lowest BCUT2D eigenvalue weighted by Gasteiger charge is -2.47. The SMILES string of the molecule is COc1cccc2c1C(=N)c1c(O)c3c(c(O)c1C2=O)C[C@@](O)(C(=O)CO)CC3OC1CC(N2CCOCC2C#N)C(O)C(C)O1. The van der Waals surface area contributed by atoms with Gasteiger partial charge in [-0.2, -0.15) is 5.26 Å². The third-order valence-electron chi connectivity index (χ3n) is 9.52. The molecule has 2 heterocycles. The van der Waals surface area contributed by atoms with E-state index in [1.54, 1.807) is 19.1 Å². The topological polar surface area (TPSA) is 223 Å². The van der Waals surface area contributed by atoms with Gasteiger partial charge in [0.2, 0.25) is 0 Å². The van der Waals surface area contributed by atoms with Crippen LogP contribution in [0.3, 0.4) is 0 Å². The number of aliphatic hydroxyl groups excluding tert-OH is 2. The van der Waals surface area contributed by atoms with Crippen LogP contribution in [0.2, 0.25) is 0 Å². The maximum atomic E-state index is 13.7. The lowest BCUT2D eigenvalue weighted by molar-refractivity contribution is -0.262. The maximum absolute atomic E-state index is 13.7. The molecule has 6 unspecified atom stereocenters. The summed E-state index contributed by atoms with van der Waals surface area (Å²) in [6.07, 6.45) is -5.16. The number of nitriles is 1. The summed E-state index contributed by atoms with van der Waals surface area (Å²) < 4.78 is 23.1. The van der Waals surface area contributed by atoms with Crippen LogP contribution in [-0.4, -0.2) is 117 Å². The second-order valence-corrected chi connectivity index (χ2v) is 12.1. The van der Waals surface area contributed by atoms with Crippen molar-refractivity contribution in [2.75, 3.05) is 33.5 Å². The van der Waals surface area contributed by atoms with Crippen molar-refractivity contribution in [3.63, 3.8) is 0 Å². The number of hydrogen-bond donors (Lipinski definition) is 6. The van der Waals surface area contributed by atoms with E-state index in [4.69, 9.17) is 24.4 Å². The van der Waals surface area contributed by atoms with Crippen molar-refractivity contribution >= 4 is 17.3 Å². The van der Waals surface area contributed by atoms with Gasteiger partial charge in [0.05, 0.1) is 67.1 Å². The number of phenols is 2. The predicted octanol–water partition coefficient (Wildman–Crippen LogP) is 0.452. The Hall–Kier alpha value is -3.94. The van der Waals surface area contributed by atoms with Crippen molar-refractivity contribution < 1.29 is 54.1 Å². The highest BCUT2D eigenvalue weighted by Gasteiger charge is 2.50. The quantitative estimate of drug-likeness (QED) is 0.202. The van der Waals surface area contributed by atoms with Gasteiger partial charge in [0, 0.05) is 48.5 Å². The molecule has 0 bridgehead atoms. The first kappa shape index (κ1) is 32.0. The standard InChI is InChI=1S/C32H35N3O11/c1-14-28(38)18(35-6-7-44-13-15(35)11-33)8-22(45-14)46-20-10-32(42,21(37)12-36)9-17-24(20)31(41)25-26(30(17)40)29(39)16-4-3-5-19(43-2)23(16)27(25)34/h3-5,14-15,18,20,22,28,34,36,38,40-42H,6-10,12-13H2,1-2H3/t14?,15?,18?,20?,22?,28?,32-/m0/s1. The number of nitrogens with one attached hydrogen (secondary N) is 1. The molecule has 0 aromatic heterocycles. The number of fused-ring (bicyclic) bond motifs is 3. The number of nitrogens with zero attached hydrogens (tertiary/aromatic N) is 2. The molecule has 14 nitrogen and oxygen atoms in total. The highest BCUT2D eigenvalue weighted by atomic mass is 16.7. The fourth-order valence-electron chi connectivity index (χ4n) is 7.19. The van der Waals surface area contributed by atoms with Crippen LogP contribution < -0.4 is 4.74 Å². The van der Waals surface area contributed by atoms with E-state index in [1.807, 2.05) is 4.90 Å². The predicted molar refractivity (Wildman–Crippen MR) is 157 cm³/mol. The van der Waals surface area contributed by atoms with E-state index in [-0.39, 0.29) is 57.9 Å². The Balaban J connectivity index is 1.44. The molecule has 0 amide bonds. The van der Waals surface area contributed by atoms with Crippen LogP contribution in [-0.2, 0) is 25.4 Å². The summed E-state index contributed by atoms with van der Waals surface area (Å²) in [6, 6.07) is 5.54. The van der Waals surface area contributed by atoms with E-state index in [0.717, 1.165) is 0 Å². The fourth-order valence-corrected chi connectivity index (χ4v) is 7.19. The summed E-state index contributed by atoms with van der Waals surface area (Å²) in [4.78, 5) is 28.4. The third-order valence-corrected chi connectivity index (χ3v) is 9.52. The molecule has 2 aromatic rings. The van der Waals surface area contributed by atoms with Gasteiger partial charge in [-0.05, 0) is 13.0 Å². The van der Waals surface area contributed by atoms with Crippen LogP contribution in [0.15, 0.2) is 18.2 Å². The van der Waals surface area contributed by atoms with E-state index in [2.05, 4.69) is 6.07 Å². The molecule has 2 saturated heterocycles. The van der Waals surface area contributed by atoms with E-state index in [0.29, 0.717) is 13.2 Å². The molecule has 6 N–H and O–H groups in total. The summed E-state index contributed by atoms with van der Waals surface area (Å²) in [5.41, 5.74) is -3.20. The number of carbonyl (C=O) groups is 2. The molecule has 14 heteroatoms. The monoisotopic (exact) mass is 637 g/mol. The van der Waals surface area contributed by atoms with Gasteiger partial charge in [0.1, 0.15) is 35.5 Å². The highest BCUT2D eigenvalue weighted by molar-refractivity contribution is 6.32. The van der Waals surface area contributed by atoms with Gasteiger partial charge >= 0.3 is 0 Å². The van der Waals surface area contributed by atoms with Crippen molar-refractivity contribution in [2.24, 2.45) is 0 Å². The second kappa shape index (κ2) is 12.0. The molecular formula is C32H35N3O11. The molecule has 0 spiro atoms. The Labute approximate surface area is 263 Å². The van der Waals surface area contributed by atoms with Gasteiger partial charge in [-0.3, -0.25) is 19.9 Å². The number of aromatic hydroxyl groups is 2. The normalized spacial score (nSPS) is 31.0. The Morgan fingerprint density at radius 2 is 2.00 bits per heavy atom. The summed E-state index contributed by atoms with van der Waals surface area (Å²) in [7, 11) is 1.38. The van der Waals surface area contributed by atoms with Gasteiger partial charge < -0.3 is 44.5 Å². The summed E-state index contributed by atoms with van der Waals surface area (Å²) in [6.45, 7) is 1.49. The molecule has 46 heavy (non-hydrogen) atoms. The number of benzene rings is 2. The van der Waals surface area contributed by atoms with Crippen molar-refractivity contribution in [3.05, 3.63) is 51.6 Å². The fraction of sp³-hybridized carbons (Fsp3) is 0.500. The molecule has 6 rings (SSSR count). The average Bonchev–Trinajstić information content (AvgIpc) is 3.05. The number of aliphatic hydroxyl groups is 3. The Kier molecular flexibility index (Phi) is 8.36. The number of morpholine rings is 1. The second-order valence-electron chi connectivity index (χ2n) is 12.1. The Morgan fingerprint density at radius 1 is 1.24 bits per heavy atom. The summed E-state index contributed by atoms with van der Waals surface area (Å²) in [5, 5.41) is 74.3. The number of rotatable bonds is 6. The van der Waals surface area contributed by atoms with Crippen LogP contribution in [0.5, 0.6) is 17.2 Å². The molecule has 2 aliphatic carbocycles. The van der Waals surface area contributed by atoms with Gasteiger partial charge in [0.15, 0.2) is 17.9 Å². The van der Waals surface area contributed by atoms with E-state index in [1.165, 1.54) is 13.2 Å². The molecule has 4 aliphatic rings. The van der Waals surface area contributed by atoms with Crippen molar-refractivity contribution in [3.8, 4) is 23.3 Å². The Bertz CT molecular complexity index is 1650. The molecule has 0 radical (unpaired) electrons.